The number of hydrogen-bond donors (Lipinski definition) is 1. The second-order valence-electron chi connectivity index (χ2n) is 7.91. The predicted molar refractivity (Wildman–Crippen MR) is 117 cm³/mol. The normalized spacial score (nSPS) is 15.0. The van der Waals surface area contributed by atoms with E-state index in [1.165, 1.54) is 42.6 Å². The first-order chi connectivity index (χ1) is 14.9. The van der Waals surface area contributed by atoms with Crippen molar-refractivity contribution in [2.45, 2.75) is 44.2 Å². The zero-order valence-corrected chi connectivity index (χ0v) is 17.4. The molecule has 1 heterocycles. The third kappa shape index (κ3) is 4.98. The van der Waals surface area contributed by atoms with Gasteiger partial charge in [-0.25, -0.2) is 4.98 Å². The van der Waals surface area contributed by atoms with Gasteiger partial charge in [-0.2, -0.15) is 18.2 Å². The summed E-state index contributed by atoms with van der Waals surface area (Å²) in [6.45, 7) is 0. The molecule has 7 heteroatoms. The second-order valence-corrected chi connectivity index (χ2v) is 7.91. The highest BCUT2D eigenvalue weighted by Gasteiger charge is 2.36. The highest BCUT2D eigenvalue weighted by Crippen LogP contribution is 2.38. The molecular formula is C24H25F3N4. The number of nitrogens with zero attached hydrogens (tertiary/aromatic N) is 3. The molecule has 31 heavy (non-hydrogen) atoms. The number of nitrogens with one attached hydrogen (secondary N) is 1. The Kier molecular flexibility index (Phi) is 6.11. The number of rotatable bonds is 5. The maximum atomic E-state index is 13.6. The smallest absolute Gasteiger partial charge is 0.329 e. The number of halogens is 3. The van der Waals surface area contributed by atoms with Gasteiger partial charge >= 0.3 is 6.18 Å². The minimum absolute atomic E-state index is 0.121. The van der Waals surface area contributed by atoms with E-state index in [2.05, 4.69) is 27.4 Å². The van der Waals surface area contributed by atoms with E-state index in [0.29, 0.717) is 11.6 Å². The molecule has 3 aromatic rings. The average Bonchev–Trinajstić information content (AvgIpc) is 2.79. The largest absolute Gasteiger partial charge is 0.421 e. The van der Waals surface area contributed by atoms with E-state index in [1.807, 2.05) is 18.2 Å². The number of alkyl halides is 3. The fraction of sp³-hybridized carbons (Fsp3) is 0.333. The Balaban J connectivity index is 1.59. The van der Waals surface area contributed by atoms with Crippen LogP contribution in [0.2, 0.25) is 0 Å². The van der Waals surface area contributed by atoms with Crippen LogP contribution in [0.15, 0.2) is 60.8 Å². The Bertz CT molecular complexity index is 998. The number of hydrogen-bond acceptors (Lipinski definition) is 4. The molecule has 4 nitrogen and oxygen atoms in total. The number of benzene rings is 2. The summed E-state index contributed by atoms with van der Waals surface area (Å²) < 4.78 is 40.7. The summed E-state index contributed by atoms with van der Waals surface area (Å²) in [4.78, 5) is 9.55. The second kappa shape index (κ2) is 8.96. The van der Waals surface area contributed by atoms with Crippen LogP contribution in [0.25, 0.3) is 0 Å². The molecule has 0 amide bonds. The molecule has 1 N–H and O–H groups in total. The maximum Gasteiger partial charge on any atom is 0.421 e. The third-order valence-corrected chi connectivity index (χ3v) is 5.78. The standard InChI is InChI=1S/C24H25F3N4/c1-31(20-10-6-3-7-11-20)22-21(24(25,26)27)16-28-23(30-22)29-19-14-12-18(13-15-19)17-8-4-2-5-9-17/h3,6-7,10-17H,2,4-5,8-9H2,1H3,(H,28,29,30). The number of anilines is 4. The predicted octanol–water partition coefficient (Wildman–Crippen LogP) is 7.05. The van der Waals surface area contributed by atoms with Gasteiger partial charge in [-0.1, -0.05) is 49.6 Å². The van der Waals surface area contributed by atoms with Crippen molar-refractivity contribution in [2.75, 3.05) is 17.3 Å². The van der Waals surface area contributed by atoms with Crippen LogP contribution < -0.4 is 10.2 Å². The minimum Gasteiger partial charge on any atom is -0.329 e. The zero-order valence-electron chi connectivity index (χ0n) is 17.4. The van der Waals surface area contributed by atoms with E-state index in [1.54, 1.807) is 31.3 Å². The molecule has 1 aliphatic carbocycles. The van der Waals surface area contributed by atoms with Gasteiger partial charge < -0.3 is 10.2 Å². The first kappa shape index (κ1) is 21.2. The zero-order chi connectivity index (χ0) is 21.8. The van der Waals surface area contributed by atoms with Crippen molar-refractivity contribution in [3.05, 3.63) is 71.9 Å². The Hall–Kier alpha value is -3.09. The van der Waals surface area contributed by atoms with Crippen LogP contribution in [0, 0.1) is 0 Å². The van der Waals surface area contributed by atoms with Gasteiger partial charge in [0.25, 0.3) is 0 Å². The van der Waals surface area contributed by atoms with Gasteiger partial charge in [-0.05, 0) is 48.6 Å². The van der Waals surface area contributed by atoms with Gasteiger partial charge in [0.15, 0.2) is 5.82 Å². The third-order valence-electron chi connectivity index (χ3n) is 5.78. The molecule has 0 atom stereocenters. The van der Waals surface area contributed by atoms with E-state index >= 15 is 0 Å². The SMILES string of the molecule is CN(c1ccccc1)c1nc(Nc2ccc(C3CCCCC3)cc2)ncc1C(F)(F)F. The summed E-state index contributed by atoms with van der Waals surface area (Å²) in [5.74, 6) is 0.516. The topological polar surface area (TPSA) is 41.1 Å². The molecule has 0 radical (unpaired) electrons. The van der Waals surface area contributed by atoms with E-state index in [-0.39, 0.29) is 11.8 Å². The summed E-state index contributed by atoms with van der Waals surface area (Å²) in [6.07, 6.45) is 2.54. The molecule has 1 fully saturated rings. The van der Waals surface area contributed by atoms with Crippen molar-refractivity contribution in [1.29, 1.82) is 0 Å². The molecule has 0 bridgehead atoms. The molecule has 0 unspecified atom stereocenters. The van der Waals surface area contributed by atoms with Gasteiger partial charge in [0.05, 0.1) is 0 Å². The monoisotopic (exact) mass is 426 g/mol. The van der Waals surface area contributed by atoms with Crippen LogP contribution in [0.1, 0.15) is 49.1 Å². The van der Waals surface area contributed by atoms with Crippen LogP contribution in [0.4, 0.5) is 36.3 Å². The van der Waals surface area contributed by atoms with Crippen LogP contribution >= 0.6 is 0 Å². The Morgan fingerprint density at radius 2 is 1.61 bits per heavy atom. The molecule has 0 spiro atoms. The summed E-state index contributed by atoms with van der Waals surface area (Å²) in [6, 6.07) is 16.9. The summed E-state index contributed by atoms with van der Waals surface area (Å²) in [7, 11) is 1.57. The van der Waals surface area contributed by atoms with Gasteiger partial charge in [0, 0.05) is 24.6 Å². The van der Waals surface area contributed by atoms with Crippen LogP contribution in [-0.2, 0) is 6.18 Å². The van der Waals surface area contributed by atoms with Crippen molar-refractivity contribution in [2.24, 2.45) is 0 Å². The minimum atomic E-state index is -4.56. The fourth-order valence-corrected chi connectivity index (χ4v) is 4.07. The van der Waals surface area contributed by atoms with E-state index < -0.39 is 11.7 Å². The average molecular weight is 426 g/mol. The first-order valence-electron chi connectivity index (χ1n) is 10.5. The molecule has 0 saturated heterocycles. The molecule has 0 aliphatic heterocycles. The van der Waals surface area contributed by atoms with E-state index in [4.69, 9.17) is 0 Å². The van der Waals surface area contributed by atoms with Gasteiger partial charge in [0.1, 0.15) is 5.56 Å². The van der Waals surface area contributed by atoms with Crippen LogP contribution in [0.3, 0.4) is 0 Å². The molecule has 162 valence electrons. The van der Waals surface area contributed by atoms with Crippen molar-refractivity contribution < 1.29 is 13.2 Å². The molecule has 1 aliphatic rings. The van der Waals surface area contributed by atoms with Crippen molar-refractivity contribution in [1.82, 2.24) is 9.97 Å². The van der Waals surface area contributed by atoms with Gasteiger partial charge in [0.2, 0.25) is 5.95 Å². The Morgan fingerprint density at radius 3 is 2.26 bits per heavy atom. The first-order valence-corrected chi connectivity index (χ1v) is 10.5. The van der Waals surface area contributed by atoms with Gasteiger partial charge in [-0.3, -0.25) is 0 Å². The lowest BCUT2D eigenvalue weighted by Gasteiger charge is -2.23. The molecule has 4 rings (SSSR count). The lowest BCUT2D eigenvalue weighted by molar-refractivity contribution is -0.137. The Labute approximate surface area is 180 Å². The summed E-state index contributed by atoms with van der Waals surface area (Å²) in [5.41, 5.74) is 1.78. The van der Waals surface area contributed by atoms with E-state index in [0.717, 1.165) is 11.9 Å². The quantitative estimate of drug-likeness (QED) is 0.474. The number of aromatic nitrogens is 2. The van der Waals surface area contributed by atoms with Crippen LogP contribution in [-0.4, -0.2) is 17.0 Å². The molecule has 1 saturated carbocycles. The van der Waals surface area contributed by atoms with Crippen molar-refractivity contribution in [3.8, 4) is 0 Å². The maximum absolute atomic E-state index is 13.6. The van der Waals surface area contributed by atoms with E-state index in [9.17, 15) is 13.2 Å². The Morgan fingerprint density at radius 1 is 0.935 bits per heavy atom. The molecular weight excluding hydrogens is 401 g/mol. The lowest BCUT2D eigenvalue weighted by atomic mass is 9.84. The fourth-order valence-electron chi connectivity index (χ4n) is 4.07. The summed E-state index contributed by atoms with van der Waals surface area (Å²) in [5, 5.41) is 3.04. The lowest BCUT2D eigenvalue weighted by Crippen LogP contribution is -2.19. The van der Waals surface area contributed by atoms with Gasteiger partial charge in [-0.15, -0.1) is 0 Å². The van der Waals surface area contributed by atoms with Crippen LogP contribution in [0.5, 0.6) is 0 Å². The number of para-hydroxylation sites is 1. The van der Waals surface area contributed by atoms with Crippen molar-refractivity contribution in [3.63, 3.8) is 0 Å². The molecule has 1 aromatic heterocycles. The van der Waals surface area contributed by atoms with Crippen molar-refractivity contribution >= 4 is 23.1 Å². The highest BCUT2D eigenvalue weighted by atomic mass is 19.4. The summed E-state index contributed by atoms with van der Waals surface area (Å²) >= 11 is 0. The molecule has 2 aromatic carbocycles. The highest BCUT2D eigenvalue weighted by molar-refractivity contribution is 5.65.